The minimum absolute atomic E-state index is 0.227. The van der Waals surface area contributed by atoms with E-state index < -0.39 is 0 Å². The molecule has 0 saturated carbocycles. The van der Waals surface area contributed by atoms with Gasteiger partial charge in [0.1, 0.15) is 0 Å². The molecule has 150 valence electrons. The van der Waals surface area contributed by atoms with Gasteiger partial charge in [0.05, 0.1) is 25.4 Å². The Balaban J connectivity index is 1.69. The van der Waals surface area contributed by atoms with Crippen LogP contribution in [0.15, 0.2) is 60.7 Å². The molecule has 1 heterocycles. The topological polar surface area (TPSA) is 50.8 Å². The molecule has 2 aromatic carbocycles. The molecule has 1 saturated heterocycles. The lowest BCUT2D eigenvalue weighted by Crippen LogP contribution is -2.66. The third-order valence-electron chi connectivity index (χ3n) is 5.14. The number of rotatable bonds is 10. The van der Waals surface area contributed by atoms with Crippen molar-refractivity contribution in [2.24, 2.45) is 0 Å². The lowest BCUT2D eigenvalue weighted by molar-refractivity contribution is -0.145. The van der Waals surface area contributed by atoms with Gasteiger partial charge in [0, 0.05) is 19.6 Å². The van der Waals surface area contributed by atoms with E-state index in [1.807, 2.05) is 12.1 Å². The Kier molecular flexibility index (Phi) is 7.46. The summed E-state index contributed by atoms with van der Waals surface area (Å²) in [4.78, 5) is 14.5. The maximum absolute atomic E-state index is 12.1. The molecule has 0 aliphatic carbocycles. The highest BCUT2D eigenvalue weighted by Crippen LogP contribution is 2.28. The minimum Gasteiger partial charge on any atom is -0.450 e. The van der Waals surface area contributed by atoms with E-state index in [4.69, 9.17) is 9.47 Å². The smallest absolute Gasteiger partial charge is 0.407 e. The predicted octanol–water partition coefficient (Wildman–Crippen LogP) is 3.98. The van der Waals surface area contributed by atoms with Crippen LogP contribution in [0.25, 0.3) is 0 Å². The summed E-state index contributed by atoms with van der Waals surface area (Å²) < 4.78 is 10.8. The van der Waals surface area contributed by atoms with Crippen LogP contribution in [0.4, 0.5) is 4.79 Å². The van der Waals surface area contributed by atoms with Gasteiger partial charge >= 0.3 is 6.09 Å². The van der Waals surface area contributed by atoms with Crippen LogP contribution in [0.3, 0.4) is 0 Å². The highest BCUT2D eigenvalue weighted by atomic mass is 16.5. The largest absolute Gasteiger partial charge is 0.450 e. The summed E-state index contributed by atoms with van der Waals surface area (Å²) in [5.74, 6) is 0. The first-order valence-electron chi connectivity index (χ1n) is 10.0. The van der Waals surface area contributed by atoms with Crippen molar-refractivity contribution in [1.29, 1.82) is 0 Å². The number of amides is 1. The van der Waals surface area contributed by atoms with Gasteiger partial charge in [0.25, 0.3) is 0 Å². The van der Waals surface area contributed by atoms with E-state index in [1.165, 1.54) is 11.1 Å². The van der Waals surface area contributed by atoms with E-state index in [1.54, 1.807) is 0 Å². The van der Waals surface area contributed by atoms with E-state index in [0.717, 1.165) is 25.9 Å². The average molecular weight is 383 g/mol. The van der Waals surface area contributed by atoms with Gasteiger partial charge in [-0.15, -0.1) is 0 Å². The lowest BCUT2D eigenvalue weighted by Gasteiger charge is -2.49. The Labute approximate surface area is 167 Å². The zero-order valence-corrected chi connectivity index (χ0v) is 16.6. The summed E-state index contributed by atoms with van der Waals surface area (Å²) in [5, 5.41) is 2.95. The highest BCUT2D eigenvalue weighted by Gasteiger charge is 2.44. The van der Waals surface area contributed by atoms with Gasteiger partial charge in [-0.05, 0) is 17.5 Å². The summed E-state index contributed by atoms with van der Waals surface area (Å²) in [6.45, 7) is 5.84. The first-order valence-corrected chi connectivity index (χ1v) is 10.0. The van der Waals surface area contributed by atoms with Crippen LogP contribution < -0.4 is 5.32 Å². The van der Waals surface area contributed by atoms with Crippen molar-refractivity contribution in [3.05, 3.63) is 71.8 Å². The van der Waals surface area contributed by atoms with Crippen molar-refractivity contribution in [1.82, 2.24) is 10.2 Å². The molecule has 0 bridgehead atoms. The summed E-state index contributed by atoms with van der Waals surface area (Å²) in [6, 6.07) is 20.8. The number of nitrogens with one attached hydrogen (secondary N) is 1. The maximum Gasteiger partial charge on any atom is 0.407 e. The molecule has 3 rings (SSSR count). The van der Waals surface area contributed by atoms with Gasteiger partial charge in [-0.3, -0.25) is 4.90 Å². The lowest BCUT2D eigenvalue weighted by atomic mass is 9.93. The molecule has 1 N–H and O–H groups in total. The fourth-order valence-corrected chi connectivity index (χ4v) is 3.33. The number of alkyl carbamates (subject to hydrolysis) is 1. The van der Waals surface area contributed by atoms with Crippen molar-refractivity contribution >= 4 is 6.09 Å². The fraction of sp³-hybridized carbons (Fsp3) is 0.435. The van der Waals surface area contributed by atoms with Gasteiger partial charge in [-0.25, -0.2) is 4.79 Å². The van der Waals surface area contributed by atoms with Crippen molar-refractivity contribution in [3.8, 4) is 0 Å². The molecule has 5 heteroatoms. The molecular weight excluding hydrogens is 352 g/mol. The molecule has 5 nitrogen and oxygen atoms in total. The predicted molar refractivity (Wildman–Crippen MR) is 110 cm³/mol. The Morgan fingerprint density at radius 1 is 1.04 bits per heavy atom. The zero-order valence-electron chi connectivity index (χ0n) is 16.6. The number of carbonyl (C=O) groups excluding carboxylic acids is 1. The van der Waals surface area contributed by atoms with Gasteiger partial charge < -0.3 is 14.8 Å². The first kappa shape index (κ1) is 20.4. The monoisotopic (exact) mass is 382 g/mol. The molecule has 2 aromatic rings. The molecule has 0 aromatic heterocycles. The van der Waals surface area contributed by atoms with Crippen LogP contribution in [0, 0.1) is 0 Å². The first-order chi connectivity index (χ1) is 13.7. The Hall–Kier alpha value is -2.37. The molecule has 1 aliphatic heterocycles. The number of benzene rings is 2. The quantitative estimate of drug-likeness (QED) is 0.632. The van der Waals surface area contributed by atoms with E-state index in [-0.39, 0.29) is 11.6 Å². The number of hydrogen-bond donors (Lipinski definition) is 1. The molecule has 0 unspecified atom stereocenters. The zero-order chi connectivity index (χ0) is 19.7. The Bertz CT molecular complexity index is 676. The van der Waals surface area contributed by atoms with Crippen LogP contribution in [0.1, 0.15) is 30.9 Å². The van der Waals surface area contributed by atoms with Crippen LogP contribution >= 0.6 is 0 Å². The number of unbranched alkanes of at least 4 members (excludes halogenated alkanes) is 1. The van der Waals surface area contributed by atoms with Crippen LogP contribution in [-0.2, 0) is 22.6 Å². The van der Waals surface area contributed by atoms with Crippen molar-refractivity contribution in [2.75, 3.05) is 26.4 Å². The minimum atomic E-state index is -0.348. The highest BCUT2D eigenvalue weighted by molar-refractivity contribution is 5.67. The van der Waals surface area contributed by atoms with Crippen molar-refractivity contribution in [2.45, 2.75) is 38.4 Å². The fourth-order valence-electron chi connectivity index (χ4n) is 3.33. The molecule has 28 heavy (non-hydrogen) atoms. The second-order valence-corrected chi connectivity index (χ2v) is 7.39. The number of hydrogen-bond acceptors (Lipinski definition) is 4. The summed E-state index contributed by atoms with van der Waals surface area (Å²) in [7, 11) is 0. The van der Waals surface area contributed by atoms with Crippen LogP contribution in [0.2, 0.25) is 0 Å². The summed E-state index contributed by atoms with van der Waals surface area (Å²) in [6.07, 6.45) is 1.54. The van der Waals surface area contributed by atoms with E-state index in [2.05, 4.69) is 65.7 Å². The summed E-state index contributed by atoms with van der Waals surface area (Å²) in [5.41, 5.74) is 2.26. The van der Waals surface area contributed by atoms with Crippen LogP contribution in [0.5, 0.6) is 0 Å². The van der Waals surface area contributed by atoms with E-state index in [9.17, 15) is 4.79 Å². The normalized spacial score (nSPS) is 15.1. The third kappa shape index (κ3) is 5.57. The van der Waals surface area contributed by atoms with Gasteiger partial charge in [0.15, 0.2) is 0 Å². The number of carbonyl (C=O) groups is 1. The maximum atomic E-state index is 12.1. The average Bonchev–Trinajstić information content (AvgIpc) is 2.69. The number of nitrogens with zero attached hydrogens (tertiary/aromatic N) is 1. The van der Waals surface area contributed by atoms with Crippen molar-refractivity contribution < 1.29 is 14.3 Å². The molecule has 1 aliphatic rings. The van der Waals surface area contributed by atoms with E-state index in [0.29, 0.717) is 26.4 Å². The molecular formula is C23H30N2O3. The third-order valence-corrected chi connectivity index (χ3v) is 5.14. The molecule has 0 radical (unpaired) electrons. The standard InChI is InChI=1S/C23H30N2O3/c1-2-3-14-28-22(26)24-17-23(18-27-19-23)25(15-20-10-6-4-7-11-20)16-21-12-8-5-9-13-21/h4-13H,2-3,14-19H2,1H3,(H,24,26). The van der Waals surface area contributed by atoms with Crippen LogP contribution in [-0.4, -0.2) is 42.9 Å². The second-order valence-electron chi connectivity index (χ2n) is 7.39. The van der Waals surface area contributed by atoms with Gasteiger partial charge in [-0.2, -0.15) is 0 Å². The molecule has 0 spiro atoms. The van der Waals surface area contributed by atoms with Gasteiger partial charge in [-0.1, -0.05) is 74.0 Å². The summed E-state index contributed by atoms with van der Waals surface area (Å²) >= 11 is 0. The molecule has 0 atom stereocenters. The van der Waals surface area contributed by atoms with Crippen molar-refractivity contribution in [3.63, 3.8) is 0 Å². The number of ether oxygens (including phenoxy) is 2. The Morgan fingerprint density at radius 2 is 1.61 bits per heavy atom. The van der Waals surface area contributed by atoms with E-state index >= 15 is 0 Å². The second kappa shape index (κ2) is 10.2. The molecule has 1 amide bonds. The SMILES string of the molecule is CCCCOC(=O)NCC1(N(Cc2ccccc2)Cc2ccccc2)COC1. The Morgan fingerprint density at radius 3 is 2.07 bits per heavy atom. The molecule has 1 fully saturated rings. The van der Waals surface area contributed by atoms with Gasteiger partial charge in [0.2, 0.25) is 0 Å².